The summed E-state index contributed by atoms with van der Waals surface area (Å²) in [4.78, 5) is 2.36. The molecule has 1 aromatic heterocycles. The zero-order valence-corrected chi connectivity index (χ0v) is 14.5. The van der Waals surface area contributed by atoms with Gasteiger partial charge >= 0.3 is 0 Å². The molecule has 0 amide bonds. The molecule has 4 nitrogen and oxygen atoms in total. The monoisotopic (exact) mass is 338 g/mol. The van der Waals surface area contributed by atoms with Crippen LogP contribution >= 0.6 is 11.6 Å². The molecule has 2 aromatic carbocycles. The number of aromatic nitrogens is 3. The number of nitrogens with zero attached hydrogens (tertiary/aromatic N) is 4. The number of para-hydroxylation sites is 2. The first-order valence-corrected chi connectivity index (χ1v) is 8.61. The number of halogens is 1. The Bertz CT molecular complexity index is 869. The maximum Gasteiger partial charge on any atom is 0.142 e. The predicted molar refractivity (Wildman–Crippen MR) is 97.6 cm³/mol. The van der Waals surface area contributed by atoms with E-state index in [-0.39, 0.29) is 0 Å². The van der Waals surface area contributed by atoms with Gasteiger partial charge in [-0.25, -0.2) is 0 Å². The van der Waals surface area contributed by atoms with Crippen molar-refractivity contribution in [3.63, 3.8) is 0 Å². The standard InChI is InChI=1S/C19H19ClN4/c1-3-14-12-23(16-10-8-15(20)9-11-16)17-6-4-5-7-18(17)24-13(2)21-22-19(14)24/h4-11,14H,3,12H2,1-2H3. The van der Waals surface area contributed by atoms with Crippen LogP contribution in [0.3, 0.4) is 0 Å². The minimum Gasteiger partial charge on any atom is -0.339 e. The summed E-state index contributed by atoms with van der Waals surface area (Å²) < 4.78 is 2.19. The summed E-state index contributed by atoms with van der Waals surface area (Å²) in [5.74, 6) is 2.28. The van der Waals surface area contributed by atoms with Crippen LogP contribution in [0.25, 0.3) is 5.69 Å². The average molecular weight is 339 g/mol. The normalized spacial score (nSPS) is 16.5. The quantitative estimate of drug-likeness (QED) is 0.668. The first kappa shape index (κ1) is 15.2. The molecular formula is C19H19ClN4. The highest BCUT2D eigenvalue weighted by atomic mass is 35.5. The summed E-state index contributed by atoms with van der Waals surface area (Å²) in [5, 5.41) is 9.55. The predicted octanol–water partition coefficient (Wildman–Crippen LogP) is 4.87. The fourth-order valence-corrected chi connectivity index (χ4v) is 3.53. The van der Waals surface area contributed by atoms with Crippen molar-refractivity contribution in [2.24, 2.45) is 0 Å². The van der Waals surface area contributed by atoms with Crippen LogP contribution in [-0.4, -0.2) is 21.3 Å². The number of anilines is 2. The molecule has 0 N–H and O–H groups in total. The zero-order chi connectivity index (χ0) is 16.7. The van der Waals surface area contributed by atoms with Gasteiger partial charge in [-0.3, -0.25) is 4.57 Å². The summed E-state index contributed by atoms with van der Waals surface area (Å²) in [6.07, 6.45) is 1.01. The van der Waals surface area contributed by atoms with Crippen LogP contribution in [0.2, 0.25) is 5.02 Å². The van der Waals surface area contributed by atoms with E-state index in [0.29, 0.717) is 5.92 Å². The van der Waals surface area contributed by atoms with Crippen molar-refractivity contribution in [2.75, 3.05) is 11.4 Å². The van der Waals surface area contributed by atoms with Gasteiger partial charge in [0, 0.05) is 23.2 Å². The van der Waals surface area contributed by atoms with Crippen LogP contribution in [0, 0.1) is 6.92 Å². The average Bonchev–Trinajstić information content (AvgIpc) is 2.91. The SMILES string of the molecule is CCC1CN(c2ccc(Cl)cc2)c2ccccc2-n2c(C)nnc21. The van der Waals surface area contributed by atoms with Crippen molar-refractivity contribution in [1.29, 1.82) is 0 Å². The lowest BCUT2D eigenvalue weighted by Crippen LogP contribution is -2.23. The van der Waals surface area contributed by atoms with Crippen molar-refractivity contribution >= 4 is 23.0 Å². The maximum absolute atomic E-state index is 6.07. The molecule has 5 heteroatoms. The second kappa shape index (κ2) is 5.95. The highest BCUT2D eigenvalue weighted by molar-refractivity contribution is 6.30. The molecule has 0 radical (unpaired) electrons. The summed E-state index contributed by atoms with van der Waals surface area (Å²) in [5.41, 5.74) is 3.43. The van der Waals surface area contributed by atoms with E-state index in [2.05, 4.69) is 63.0 Å². The van der Waals surface area contributed by atoms with Gasteiger partial charge in [0.15, 0.2) is 0 Å². The molecule has 1 unspecified atom stereocenters. The molecule has 0 aliphatic carbocycles. The van der Waals surface area contributed by atoms with Crippen LogP contribution in [0.1, 0.15) is 30.9 Å². The van der Waals surface area contributed by atoms with Gasteiger partial charge in [-0.05, 0) is 49.7 Å². The second-order valence-corrected chi connectivity index (χ2v) is 6.56. The number of aryl methyl sites for hydroxylation is 1. The molecule has 0 saturated carbocycles. The van der Waals surface area contributed by atoms with Crippen molar-refractivity contribution in [1.82, 2.24) is 14.8 Å². The molecule has 2 heterocycles. The molecule has 122 valence electrons. The molecule has 4 rings (SSSR count). The topological polar surface area (TPSA) is 34.0 Å². The van der Waals surface area contributed by atoms with E-state index in [1.165, 1.54) is 5.69 Å². The third-order valence-corrected chi connectivity index (χ3v) is 4.91. The molecule has 0 bridgehead atoms. The molecule has 0 fully saturated rings. The van der Waals surface area contributed by atoms with E-state index in [0.717, 1.165) is 41.0 Å². The van der Waals surface area contributed by atoms with Crippen LogP contribution in [-0.2, 0) is 0 Å². The fraction of sp³-hybridized carbons (Fsp3) is 0.263. The maximum atomic E-state index is 6.07. The Morgan fingerprint density at radius 2 is 1.75 bits per heavy atom. The van der Waals surface area contributed by atoms with Crippen molar-refractivity contribution in [2.45, 2.75) is 26.2 Å². The van der Waals surface area contributed by atoms with E-state index in [1.807, 2.05) is 19.1 Å². The van der Waals surface area contributed by atoms with E-state index >= 15 is 0 Å². The molecule has 0 saturated heterocycles. The second-order valence-electron chi connectivity index (χ2n) is 6.12. The minimum absolute atomic E-state index is 0.314. The van der Waals surface area contributed by atoms with Gasteiger partial charge in [-0.2, -0.15) is 0 Å². The van der Waals surface area contributed by atoms with E-state index in [4.69, 9.17) is 11.6 Å². The first-order valence-electron chi connectivity index (χ1n) is 8.23. The lowest BCUT2D eigenvalue weighted by Gasteiger charge is -2.27. The van der Waals surface area contributed by atoms with Gasteiger partial charge < -0.3 is 4.90 Å². The molecule has 1 atom stereocenters. The lowest BCUT2D eigenvalue weighted by molar-refractivity contribution is 0.620. The Morgan fingerprint density at radius 3 is 2.46 bits per heavy atom. The van der Waals surface area contributed by atoms with Gasteiger partial charge in [0.25, 0.3) is 0 Å². The van der Waals surface area contributed by atoms with Gasteiger partial charge in [0.05, 0.1) is 11.4 Å². The van der Waals surface area contributed by atoms with E-state index < -0.39 is 0 Å². The largest absolute Gasteiger partial charge is 0.339 e. The third-order valence-electron chi connectivity index (χ3n) is 4.66. The highest BCUT2D eigenvalue weighted by Gasteiger charge is 2.29. The number of fused-ring (bicyclic) bond motifs is 3. The van der Waals surface area contributed by atoms with Gasteiger partial charge in [-0.15, -0.1) is 10.2 Å². The number of hydrogen-bond acceptors (Lipinski definition) is 3. The van der Waals surface area contributed by atoms with E-state index in [1.54, 1.807) is 0 Å². The highest BCUT2D eigenvalue weighted by Crippen LogP contribution is 2.39. The smallest absolute Gasteiger partial charge is 0.142 e. The molecule has 0 spiro atoms. The summed E-state index contributed by atoms with van der Waals surface area (Å²) in [6.45, 7) is 5.08. The Balaban J connectivity index is 1.94. The minimum atomic E-state index is 0.314. The summed E-state index contributed by atoms with van der Waals surface area (Å²) in [6, 6.07) is 16.5. The van der Waals surface area contributed by atoms with Crippen molar-refractivity contribution in [3.05, 3.63) is 65.2 Å². The Morgan fingerprint density at radius 1 is 1.04 bits per heavy atom. The molecule has 24 heavy (non-hydrogen) atoms. The fourth-order valence-electron chi connectivity index (χ4n) is 3.40. The Labute approximate surface area is 146 Å². The number of benzene rings is 2. The van der Waals surface area contributed by atoms with Gasteiger partial charge in [0.1, 0.15) is 11.6 Å². The summed E-state index contributed by atoms with van der Waals surface area (Å²) >= 11 is 6.07. The first-order chi connectivity index (χ1) is 11.7. The van der Waals surface area contributed by atoms with Crippen LogP contribution in [0.15, 0.2) is 48.5 Å². The van der Waals surface area contributed by atoms with Crippen LogP contribution in [0.5, 0.6) is 0 Å². The Hall–Kier alpha value is -2.33. The zero-order valence-electron chi connectivity index (χ0n) is 13.8. The van der Waals surface area contributed by atoms with E-state index in [9.17, 15) is 0 Å². The molecular weight excluding hydrogens is 320 g/mol. The number of rotatable bonds is 2. The third kappa shape index (κ3) is 2.38. The molecule has 1 aliphatic heterocycles. The van der Waals surface area contributed by atoms with Crippen molar-refractivity contribution in [3.8, 4) is 5.69 Å². The van der Waals surface area contributed by atoms with Crippen molar-refractivity contribution < 1.29 is 0 Å². The van der Waals surface area contributed by atoms with Gasteiger partial charge in [0.2, 0.25) is 0 Å². The van der Waals surface area contributed by atoms with Crippen LogP contribution in [0.4, 0.5) is 11.4 Å². The lowest BCUT2D eigenvalue weighted by atomic mass is 10.0. The van der Waals surface area contributed by atoms with Gasteiger partial charge in [-0.1, -0.05) is 30.7 Å². The van der Waals surface area contributed by atoms with Crippen LogP contribution < -0.4 is 4.90 Å². The number of hydrogen-bond donors (Lipinski definition) is 0. The molecule has 1 aliphatic rings. The Kier molecular flexibility index (Phi) is 3.77. The summed E-state index contributed by atoms with van der Waals surface area (Å²) in [7, 11) is 0. The molecule has 3 aromatic rings.